The van der Waals surface area contributed by atoms with Crippen molar-refractivity contribution >= 4 is 11.7 Å². The molecule has 7 nitrogen and oxygen atoms in total. The van der Waals surface area contributed by atoms with Gasteiger partial charge >= 0.3 is 0 Å². The Labute approximate surface area is 191 Å². The van der Waals surface area contributed by atoms with Crippen molar-refractivity contribution < 1.29 is 13.9 Å². The lowest BCUT2D eigenvalue weighted by atomic mass is 9.97. The van der Waals surface area contributed by atoms with Crippen molar-refractivity contribution in [2.45, 2.75) is 26.3 Å². The van der Waals surface area contributed by atoms with E-state index in [9.17, 15) is 14.0 Å². The van der Waals surface area contributed by atoms with Crippen LogP contribution in [0.25, 0.3) is 5.69 Å². The van der Waals surface area contributed by atoms with Gasteiger partial charge in [-0.05, 0) is 67.8 Å². The van der Waals surface area contributed by atoms with Crippen molar-refractivity contribution in [2.75, 3.05) is 24.6 Å². The van der Waals surface area contributed by atoms with E-state index in [2.05, 4.69) is 10.4 Å². The van der Waals surface area contributed by atoms with Crippen molar-refractivity contribution in [3.05, 3.63) is 82.4 Å². The van der Waals surface area contributed by atoms with E-state index in [0.29, 0.717) is 31.2 Å². The minimum atomic E-state index is -0.377. The summed E-state index contributed by atoms with van der Waals surface area (Å²) in [5.41, 5.74) is 1.20. The summed E-state index contributed by atoms with van der Waals surface area (Å²) in [4.78, 5) is 27.1. The van der Waals surface area contributed by atoms with Crippen molar-refractivity contribution in [3.8, 4) is 11.4 Å². The first-order chi connectivity index (χ1) is 16.0. The number of hydrogen-bond donors (Lipinski definition) is 1. The topological polar surface area (TPSA) is 76.5 Å². The molecular weight excluding hydrogens is 423 g/mol. The molecule has 1 fully saturated rings. The Morgan fingerprint density at radius 3 is 2.61 bits per heavy atom. The van der Waals surface area contributed by atoms with Crippen molar-refractivity contribution in [1.82, 2.24) is 15.1 Å². The molecule has 0 saturated carbocycles. The fourth-order valence-electron chi connectivity index (χ4n) is 3.94. The van der Waals surface area contributed by atoms with E-state index in [-0.39, 0.29) is 23.2 Å². The molecule has 0 unspecified atom stereocenters. The third kappa shape index (κ3) is 5.58. The molecular formula is C25H27FN4O3. The predicted molar refractivity (Wildman–Crippen MR) is 124 cm³/mol. The van der Waals surface area contributed by atoms with Gasteiger partial charge in [-0.2, -0.15) is 4.68 Å². The van der Waals surface area contributed by atoms with Crippen LogP contribution in [0, 0.1) is 11.7 Å². The lowest BCUT2D eigenvalue weighted by Gasteiger charge is -2.33. The van der Waals surface area contributed by atoms with Gasteiger partial charge in [-0.1, -0.05) is 12.1 Å². The third-order valence-electron chi connectivity index (χ3n) is 5.67. The number of ether oxygens (including phenoxy) is 1. The van der Waals surface area contributed by atoms with E-state index in [4.69, 9.17) is 4.74 Å². The Morgan fingerprint density at radius 2 is 1.88 bits per heavy atom. The first kappa shape index (κ1) is 22.5. The summed E-state index contributed by atoms with van der Waals surface area (Å²) in [7, 11) is 0. The Hall–Kier alpha value is -3.68. The van der Waals surface area contributed by atoms with E-state index < -0.39 is 0 Å². The number of benzene rings is 2. The molecule has 1 atom stereocenters. The molecule has 2 aromatic carbocycles. The summed E-state index contributed by atoms with van der Waals surface area (Å²) in [6, 6.07) is 16.4. The molecule has 0 bridgehead atoms. The van der Waals surface area contributed by atoms with E-state index in [1.165, 1.54) is 35.0 Å². The zero-order chi connectivity index (χ0) is 23.2. The van der Waals surface area contributed by atoms with Crippen LogP contribution < -0.4 is 20.5 Å². The molecule has 2 heterocycles. The average molecular weight is 451 g/mol. The van der Waals surface area contributed by atoms with E-state index in [1.807, 2.05) is 36.1 Å². The largest absolute Gasteiger partial charge is 0.494 e. The van der Waals surface area contributed by atoms with Gasteiger partial charge in [0.05, 0.1) is 18.2 Å². The second-order valence-corrected chi connectivity index (χ2v) is 8.00. The van der Waals surface area contributed by atoms with Crippen molar-refractivity contribution in [1.29, 1.82) is 0 Å². The highest BCUT2D eigenvalue weighted by atomic mass is 19.1. The summed E-state index contributed by atoms with van der Waals surface area (Å²) < 4.78 is 20.0. The second-order valence-electron chi connectivity index (χ2n) is 8.00. The predicted octanol–water partition coefficient (Wildman–Crippen LogP) is 3.30. The smallest absolute Gasteiger partial charge is 0.271 e. The molecule has 1 saturated heterocycles. The molecule has 1 amide bonds. The first-order valence-electron chi connectivity index (χ1n) is 11.1. The van der Waals surface area contributed by atoms with Crippen LogP contribution in [0.15, 0.2) is 65.5 Å². The SMILES string of the molecule is CCOc1ccc(CNC(=O)[C@H]2CCCN(c3ccc(=O)n(-c4ccc(F)cc4)n3)C2)cc1. The first-order valence-corrected chi connectivity index (χ1v) is 11.1. The number of carbonyl (C=O) groups excluding carboxylic acids is 1. The van der Waals surface area contributed by atoms with Crippen LogP contribution in [0.4, 0.5) is 10.2 Å². The van der Waals surface area contributed by atoms with Gasteiger partial charge in [0, 0.05) is 25.7 Å². The molecule has 33 heavy (non-hydrogen) atoms. The number of piperidine rings is 1. The van der Waals surface area contributed by atoms with Crippen LogP contribution >= 0.6 is 0 Å². The number of halogens is 1. The number of amides is 1. The van der Waals surface area contributed by atoms with Gasteiger partial charge < -0.3 is 15.0 Å². The summed E-state index contributed by atoms with van der Waals surface area (Å²) in [5.74, 6) is 0.876. The maximum Gasteiger partial charge on any atom is 0.271 e. The quantitative estimate of drug-likeness (QED) is 0.598. The lowest BCUT2D eigenvalue weighted by Crippen LogP contribution is -2.43. The molecule has 1 aliphatic rings. The minimum Gasteiger partial charge on any atom is -0.494 e. The summed E-state index contributed by atoms with van der Waals surface area (Å²) in [6.45, 7) is 4.27. The van der Waals surface area contributed by atoms with Crippen molar-refractivity contribution in [3.63, 3.8) is 0 Å². The van der Waals surface area contributed by atoms with Gasteiger partial charge in [0.1, 0.15) is 17.4 Å². The molecule has 1 aromatic heterocycles. The number of nitrogens with zero attached hydrogens (tertiary/aromatic N) is 3. The molecule has 8 heteroatoms. The Morgan fingerprint density at radius 1 is 1.12 bits per heavy atom. The molecule has 0 radical (unpaired) electrons. The van der Waals surface area contributed by atoms with Crippen LogP contribution in [-0.4, -0.2) is 35.4 Å². The Kier molecular flexibility index (Phi) is 7.02. The second kappa shape index (κ2) is 10.3. The van der Waals surface area contributed by atoms with E-state index in [0.717, 1.165) is 30.7 Å². The highest BCUT2D eigenvalue weighted by Crippen LogP contribution is 2.22. The number of anilines is 1. The van der Waals surface area contributed by atoms with Gasteiger partial charge in [-0.25, -0.2) is 4.39 Å². The van der Waals surface area contributed by atoms with Crippen LogP contribution in [0.3, 0.4) is 0 Å². The van der Waals surface area contributed by atoms with Crippen molar-refractivity contribution in [2.24, 2.45) is 5.92 Å². The summed E-state index contributed by atoms with van der Waals surface area (Å²) >= 11 is 0. The zero-order valence-corrected chi connectivity index (χ0v) is 18.5. The normalized spacial score (nSPS) is 15.8. The van der Waals surface area contributed by atoms with Gasteiger partial charge in [0.2, 0.25) is 5.91 Å². The molecule has 0 spiro atoms. The van der Waals surface area contributed by atoms with Crippen LogP contribution in [0.2, 0.25) is 0 Å². The van der Waals surface area contributed by atoms with Gasteiger partial charge in [-0.3, -0.25) is 9.59 Å². The van der Waals surface area contributed by atoms with E-state index >= 15 is 0 Å². The van der Waals surface area contributed by atoms with Gasteiger partial charge in [0.15, 0.2) is 0 Å². The molecule has 3 aromatic rings. The van der Waals surface area contributed by atoms with Gasteiger partial charge in [-0.15, -0.1) is 5.10 Å². The molecule has 1 aliphatic heterocycles. The molecule has 4 rings (SSSR count). The maximum absolute atomic E-state index is 13.3. The lowest BCUT2D eigenvalue weighted by molar-refractivity contribution is -0.125. The average Bonchev–Trinajstić information content (AvgIpc) is 2.84. The summed E-state index contributed by atoms with van der Waals surface area (Å²) in [5, 5.41) is 7.50. The maximum atomic E-state index is 13.3. The number of aromatic nitrogens is 2. The molecule has 172 valence electrons. The number of nitrogens with one attached hydrogen (secondary N) is 1. The zero-order valence-electron chi connectivity index (χ0n) is 18.5. The molecule has 0 aliphatic carbocycles. The third-order valence-corrected chi connectivity index (χ3v) is 5.67. The highest BCUT2D eigenvalue weighted by molar-refractivity contribution is 5.79. The summed E-state index contributed by atoms with van der Waals surface area (Å²) in [6.07, 6.45) is 1.64. The minimum absolute atomic E-state index is 0.000408. The van der Waals surface area contributed by atoms with Crippen LogP contribution in [0.5, 0.6) is 5.75 Å². The highest BCUT2D eigenvalue weighted by Gasteiger charge is 2.26. The van der Waals surface area contributed by atoms with Gasteiger partial charge in [0.25, 0.3) is 5.56 Å². The Balaban J connectivity index is 1.40. The van der Waals surface area contributed by atoms with E-state index in [1.54, 1.807) is 6.07 Å². The van der Waals surface area contributed by atoms with Crippen LogP contribution in [-0.2, 0) is 11.3 Å². The molecule has 1 N–H and O–H groups in total. The Bertz CT molecular complexity index is 1150. The fraction of sp³-hybridized carbons (Fsp3) is 0.320. The number of carbonyl (C=O) groups is 1. The van der Waals surface area contributed by atoms with Crippen LogP contribution in [0.1, 0.15) is 25.3 Å². The fourth-order valence-corrected chi connectivity index (χ4v) is 3.94. The monoisotopic (exact) mass is 450 g/mol. The number of hydrogen-bond acceptors (Lipinski definition) is 5. The standard InChI is InChI=1S/C25H27FN4O3/c1-2-33-22-11-5-18(6-12-22)16-27-25(32)19-4-3-15-29(17-19)23-13-14-24(31)30(28-23)21-9-7-20(26)8-10-21/h5-14,19H,2-4,15-17H2,1H3,(H,27,32)/t19-/m0/s1. The number of rotatable bonds is 7.